The van der Waals surface area contributed by atoms with Crippen LogP contribution in [0.2, 0.25) is 0 Å². The number of allylic oxidation sites excluding steroid dienone is 5. The molecule has 11 heteroatoms. The average molecular weight is 1060 g/mol. The Balaban J connectivity index is 1.99. The van der Waals surface area contributed by atoms with Crippen molar-refractivity contribution >= 4 is 11.9 Å². The van der Waals surface area contributed by atoms with Crippen molar-refractivity contribution in [1.29, 1.82) is 0 Å². The fourth-order valence-corrected chi connectivity index (χ4v) is 9.89. The molecule has 1 saturated heterocycles. The molecule has 0 aromatic carbocycles. The molecule has 0 aromatic rings. The third-order valence-corrected chi connectivity index (χ3v) is 15.0. The van der Waals surface area contributed by atoms with Gasteiger partial charge in [0, 0.05) is 12.8 Å². The highest BCUT2D eigenvalue weighted by Crippen LogP contribution is 2.23. The van der Waals surface area contributed by atoms with Crippen LogP contribution < -0.4 is 5.32 Å². The number of amides is 1. The summed E-state index contributed by atoms with van der Waals surface area (Å²) in [6.45, 7) is 4.31. The number of aliphatic hydroxyl groups excluding tert-OH is 5. The molecule has 1 amide bonds. The van der Waals surface area contributed by atoms with Crippen molar-refractivity contribution in [2.75, 3.05) is 19.8 Å². The minimum atomic E-state index is -1.57. The van der Waals surface area contributed by atoms with Gasteiger partial charge < -0.3 is 45.1 Å². The molecule has 75 heavy (non-hydrogen) atoms. The Morgan fingerprint density at radius 2 is 0.853 bits per heavy atom. The van der Waals surface area contributed by atoms with Gasteiger partial charge in [-0.3, -0.25) is 9.59 Å². The molecule has 1 aliphatic heterocycles. The van der Waals surface area contributed by atoms with Crippen molar-refractivity contribution in [3.05, 3.63) is 36.5 Å². The molecule has 0 aromatic heterocycles. The predicted molar refractivity (Wildman–Crippen MR) is 311 cm³/mol. The van der Waals surface area contributed by atoms with E-state index in [1.54, 1.807) is 6.08 Å². The number of hydrogen-bond donors (Lipinski definition) is 6. The number of unbranched alkanes of at least 4 members (excludes halogenated alkanes) is 37. The van der Waals surface area contributed by atoms with Crippen LogP contribution in [0.4, 0.5) is 0 Å². The molecular formula is C64H119NO10. The Bertz CT molecular complexity index is 1340. The third kappa shape index (κ3) is 43.4. The van der Waals surface area contributed by atoms with Crippen molar-refractivity contribution < 1.29 is 49.3 Å². The fraction of sp³-hybridized carbons (Fsp3) is 0.875. The molecular weight excluding hydrogens is 943 g/mol. The van der Waals surface area contributed by atoms with E-state index in [2.05, 4.69) is 43.5 Å². The van der Waals surface area contributed by atoms with E-state index in [-0.39, 0.29) is 18.5 Å². The van der Waals surface area contributed by atoms with Crippen molar-refractivity contribution in [1.82, 2.24) is 5.32 Å². The Hall–Kier alpha value is -2.12. The van der Waals surface area contributed by atoms with Crippen molar-refractivity contribution in [3.63, 3.8) is 0 Å². The highest BCUT2D eigenvalue weighted by atomic mass is 16.7. The maximum Gasteiger partial charge on any atom is 0.305 e. The first-order valence-electron chi connectivity index (χ1n) is 31.8. The number of ether oxygens (including phenoxy) is 3. The summed E-state index contributed by atoms with van der Waals surface area (Å²) in [5, 5.41) is 54.2. The molecule has 6 N–H and O–H groups in total. The lowest BCUT2D eigenvalue weighted by Gasteiger charge is -2.40. The summed E-state index contributed by atoms with van der Waals surface area (Å²) in [5.74, 6) is -0.201. The van der Waals surface area contributed by atoms with Gasteiger partial charge in [0.1, 0.15) is 24.4 Å². The molecule has 1 fully saturated rings. The van der Waals surface area contributed by atoms with Gasteiger partial charge in [0.25, 0.3) is 0 Å². The van der Waals surface area contributed by atoms with Gasteiger partial charge in [0.15, 0.2) is 6.29 Å². The van der Waals surface area contributed by atoms with E-state index in [1.807, 2.05) is 6.08 Å². The SMILES string of the molecule is CCCCCCCCC/C=C\CCCCCCCC(=O)OCCCCCCCCCCCCC/C=C\CCCCCCCCCC(=O)NC(COC1OC(CO)C(O)C(O)C1O)C(O)/C=C/CCCCCCCCC. The number of hydrogen-bond acceptors (Lipinski definition) is 10. The zero-order valence-corrected chi connectivity index (χ0v) is 48.5. The summed E-state index contributed by atoms with van der Waals surface area (Å²) in [6, 6.07) is -0.814. The second-order valence-electron chi connectivity index (χ2n) is 22.1. The first-order chi connectivity index (χ1) is 36.7. The van der Waals surface area contributed by atoms with Gasteiger partial charge in [-0.2, -0.15) is 0 Å². The smallest absolute Gasteiger partial charge is 0.305 e. The predicted octanol–water partition coefficient (Wildman–Crippen LogP) is 15.1. The normalized spacial score (nSPS) is 18.9. The molecule has 11 nitrogen and oxygen atoms in total. The molecule has 0 spiro atoms. The zero-order valence-electron chi connectivity index (χ0n) is 48.5. The van der Waals surface area contributed by atoms with Crippen LogP contribution in [0.1, 0.15) is 296 Å². The quantitative estimate of drug-likeness (QED) is 0.0195. The van der Waals surface area contributed by atoms with Crippen molar-refractivity contribution in [3.8, 4) is 0 Å². The highest BCUT2D eigenvalue weighted by molar-refractivity contribution is 5.76. The largest absolute Gasteiger partial charge is 0.466 e. The number of carbonyl (C=O) groups excluding carboxylic acids is 2. The van der Waals surface area contributed by atoms with Gasteiger partial charge in [-0.25, -0.2) is 0 Å². The Morgan fingerprint density at radius 3 is 1.28 bits per heavy atom. The topological polar surface area (TPSA) is 175 Å². The van der Waals surface area contributed by atoms with Crippen LogP contribution in [-0.4, -0.2) is 100 Å². The van der Waals surface area contributed by atoms with Crippen LogP contribution in [0, 0.1) is 0 Å². The molecule has 1 rings (SSSR count). The Labute approximate surface area is 460 Å². The first kappa shape index (κ1) is 70.9. The molecule has 1 aliphatic rings. The van der Waals surface area contributed by atoms with E-state index in [0.717, 1.165) is 77.0 Å². The number of esters is 1. The molecule has 0 radical (unpaired) electrons. The Kier molecular flexibility index (Phi) is 50.9. The van der Waals surface area contributed by atoms with Gasteiger partial charge in [-0.15, -0.1) is 0 Å². The maximum atomic E-state index is 13.0. The van der Waals surface area contributed by atoms with Crippen LogP contribution in [0.5, 0.6) is 0 Å². The van der Waals surface area contributed by atoms with E-state index < -0.39 is 49.5 Å². The summed E-state index contributed by atoms with van der Waals surface area (Å²) in [5.41, 5.74) is 0. The van der Waals surface area contributed by atoms with Gasteiger partial charge in [-0.1, -0.05) is 237 Å². The summed E-state index contributed by atoms with van der Waals surface area (Å²) in [4.78, 5) is 25.1. The summed E-state index contributed by atoms with van der Waals surface area (Å²) in [7, 11) is 0. The van der Waals surface area contributed by atoms with E-state index in [9.17, 15) is 35.1 Å². The lowest BCUT2D eigenvalue weighted by atomic mass is 9.99. The number of aliphatic hydroxyl groups is 5. The monoisotopic (exact) mass is 1060 g/mol. The second kappa shape index (κ2) is 53.9. The standard InChI is InChI=1S/C64H119NO10/c1-3-5-7-9-11-13-14-15-16-26-29-32-36-40-44-48-52-60(69)73-53-49-45-41-37-33-30-27-24-22-20-18-17-19-21-23-25-28-31-35-39-43-47-51-59(68)65-56(57(67)50-46-42-38-34-12-10-8-6-4-2)55-74-64-63(72)62(71)61(70)58(54-66)75-64/h16,19,21,26,46,50,56-58,61-64,66-67,70-72H,3-15,17-18,20,22-25,27-45,47-49,51-55H2,1-2H3,(H,65,68)/b21-19-,26-16-,50-46+. The Morgan fingerprint density at radius 1 is 0.480 bits per heavy atom. The van der Waals surface area contributed by atoms with E-state index in [0.29, 0.717) is 19.4 Å². The van der Waals surface area contributed by atoms with Crippen molar-refractivity contribution in [2.24, 2.45) is 0 Å². The van der Waals surface area contributed by atoms with Crippen LogP contribution in [0.15, 0.2) is 36.5 Å². The van der Waals surface area contributed by atoms with Crippen molar-refractivity contribution in [2.45, 2.75) is 339 Å². The third-order valence-electron chi connectivity index (χ3n) is 15.0. The molecule has 1 heterocycles. The molecule has 440 valence electrons. The van der Waals surface area contributed by atoms with E-state index in [4.69, 9.17) is 14.2 Å². The number of nitrogens with one attached hydrogen (secondary N) is 1. The molecule has 7 unspecified atom stereocenters. The summed E-state index contributed by atoms with van der Waals surface area (Å²) >= 11 is 0. The van der Waals surface area contributed by atoms with Crippen LogP contribution in [0.25, 0.3) is 0 Å². The van der Waals surface area contributed by atoms with E-state index in [1.165, 1.54) is 193 Å². The number of carbonyl (C=O) groups is 2. The average Bonchev–Trinajstić information content (AvgIpc) is 3.41. The molecule has 7 atom stereocenters. The number of rotatable bonds is 55. The van der Waals surface area contributed by atoms with E-state index >= 15 is 0 Å². The van der Waals surface area contributed by atoms with Gasteiger partial charge in [0.05, 0.1) is 32.0 Å². The van der Waals surface area contributed by atoms with Gasteiger partial charge in [-0.05, 0) is 83.5 Å². The minimum absolute atomic E-state index is 0.00999. The van der Waals surface area contributed by atoms with Gasteiger partial charge in [0.2, 0.25) is 5.91 Å². The second-order valence-corrected chi connectivity index (χ2v) is 22.1. The van der Waals surface area contributed by atoms with Crippen LogP contribution in [0.3, 0.4) is 0 Å². The molecule has 0 bridgehead atoms. The first-order valence-corrected chi connectivity index (χ1v) is 31.8. The molecule has 0 aliphatic carbocycles. The van der Waals surface area contributed by atoms with Crippen LogP contribution in [-0.2, 0) is 23.8 Å². The fourth-order valence-electron chi connectivity index (χ4n) is 9.89. The van der Waals surface area contributed by atoms with Crippen LogP contribution >= 0.6 is 0 Å². The lowest BCUT2D eigenvalue weighted by molar-refractivity contribution is -0.302. The van der Waals surface area contributed by atoms with Gasteiger partial charge >= 0.3 is 5.97 Å². The summed E-state index contributed by atoms with van der Waals surface area (Å²) < 4.78 is 16.7. The lowest BCUT2D eigenvalue weighted by Crippen LogP contribution is -2.60. The summed E-state index contributed by atoms with van der Waals surface area (Å²) in [6.07, 6.45) is 56.9. The maximum absolute atomic E-state index is 13.0. The highest BCUT2D eigenvalue weighted by Gasteiger charge is 2.44. The zero-order chi connectivity index (χ0) is 54.5. The minimum Gasteiger partial charge on any atom is -0.466 e. The molecule has 0 saturated carbocycles.